The van der Waals surface area contributed by atoms with Crippen LogP contribution in [0, 0.1) is 6.92 Å². The number of carbonyl (C=O) groups is 1. The smallest absolute Gasteiger partial charge is 0.259 e. The molecule has 0 bridgehead atoms. The van der Waals surface area contributed by atoms with Gasteiger partial charge in [0.2, 0.25) is 0 Å². The Labute approximate surface area is 149 Å². The van der Waals surface area contributed by atoms with E-state index in [2.05, 4.69) is 12.2 Å². The first kappa shape index (κ1) is 19.0. The van der Waals surface area contributed by atoms with Crippen molar-refractivity contribution in [2.45, 2.75) is 45.6 Å². The Bertz CT molecular complexity index is 667. The third-order valence-electron chi connectivity index (χ3n) is 4.01. The first-order valence-corrected chi connectivity index (χ1v) is 8.88. The number of aryl methyl sites for hydroxylation is 1. The van der Waals surface area contributed by atoms with Crippen LogP contribution in [0.15, 0.2) is 48.5 Å². The molecule has 0 saturated heterocycles. The third-order valence-corrected chi connectivity index (χ3v) is 4.01. The minimum absolute atomic E-state index is 0.193. The Morgan fingerprint density at radius 1 is 1.12 bits per heavy atom. The predicted octanol–water partition coefficient (Wildman–Crippen LogP) is 4.57. The van der Waals surface area contributed by atoms with Gasteiger partial charge in [-0.15, -0.1) is 0 Å². The first-order chi connectivity index (χ1) is 12.1. The van der Waals surface area contributed by atoms with Crippen molar-refractivity contribution in [3.05, 3.63) is 59.7 Å². The number of carbonyl (C=O) groups excluding carboxylic acids is 1. The molecular formula is C21H27NO3. The van der Waals surface area contributed by atoms with Crippen LogP contribution in [0.4, 0.5) is 5.69 Å². The third kappa shape index (κ3) is 6.24. The molecular weight excluding hydrogens is 314 g/mol. The number of amides is 1. The summed E-state index contributed by atoms with van der Waals surface area (Å²) in [6.07, 6.45) is 3.41. The molecule has 2 N–H and O–H groups in total. The first-order valence-electron chi connectivity index (χ1n) is 8.88. The topological polar surface area (TPSA) is 58.6 Å². The molecule has 1 unspecified atom stereocenters. The summed E-state index contributed by atoms with van der Waals surface area (Å²) in [5, 5.41) is 12.9. The van der Waals surface area contributed by atoms with Gasteiger partial charge < -0.3 is 15.2 Å². The molecule has 2 rings (SSSR count). The molecule has 4 nitrogen and oxygen atoms in total. The van der Waals surface area contributed by atoms with Gasteiger partial charge in [-0.3, -0.25) is 4.79 Å². The molecule has 2 aromatic rings. The summed E-state index contributed by atoms with van der Waals surface area (Å²) in [4.78, 5) is 12.5. The average Bonchev–Trinajstić information content (AvgIpc) is 2.62. The fourth-order valence-corrected chi connectivity index (χ4v) is 2.51. The maximum absolute atomic E-state index is 12.5. The number of unbranched alkanes of at least 4 members (excludes halogenated alkanes) is 2. The van der Waals surface area contributed by atoms with E-state index in [1.165, 1.54) is 0 Å². The summed E-state index contributed by atoms with van der Waals surface area (Å²) in [5.41, 5.74) is 2.34. The lowest BCUT2D eigenvalue weighted by atomic mass is 10.1. The quantitative estimate of drug-likeness (QED) is 0.657. The number of hydrogen-bond donors (Lipinski definition) is 2. The monoisotopic (exact) mass is 341 g/mol. The van der Waals surface area contributed by atoms with Crippen molar-refractivity contribution in [1.82, 2.24) is 0 Å². The van der Waals surface area contributed by atoms with Crippen LogP contribution < -0.4 is 10.1 Å². The molecule has 1 amide bonds. The second-order valence-corrected chi connectivity index (χ2v) is 6.28. The van der Waals surface area contributed by atoms with Crippen molar-refractivity contribution in [3.63, 3.8) is 0 Å². The molecule has 134 valence electrons. The highest BCUT2D eigenvalue weighted by Crippen LogP contribution is 2.20. The van der Waals surface area contributed by atoms with Crippen LogP contribution in [0.2, 0.25) is 0 Å². The van der Waals surface area contributed by atoms with Crippen molar-refractivity contribution in [2.75, 3.05) is 11.9 Å². The van der Waals surface area contributed by atoms with Gasteiger partial charge in [0.05, 0.1) is 11.7 Å². The molecule has 4 heteroatoms. The minimum atomic E-state index is -0.514. The lowest BCUT2D eigenvalue weighted by Gasteiger charge is -2.15. The van der Waals surface area contributed by atoms with Crippen LogP contribution >= 0.6 is 0 Å². The van der Waals surface area contributed by atoms with Crippen LogP contribution in [0.3, 0.4) is 0 Å². The number of nitrogens with one attached hydrogen (secondary N) is 1. The molecule has 0 saturated carbocycles. The minimum Gasteiger partial charge on any atom is -0.490 e. The zero-order chi connectivity index (χ0) is 18.1. The summed E-state index contributed by atoms with van der Waals surface area (Å²) in [5.74, 6) is 0.265. The number of anilines is 1. The molecule has 0 aliphatic carbocycles. The fourth-order valence-electron chi connectivity index (χ4n) is 2.51. The van der Waals surface area contributed by atoms with Gasteiger partial charge in [0.1, 0.15) is 12.4 Å². The lowest BCUT2D eigenvalue weighted by Crippen LogP contribution is -2.19. The predicted molar refractivity (Wildman–Crippen MR) is 101 cm³/mol. The molecule has 0 fully saturated rings. The second-order valence-electron chi connectivity index (χ2n) is 6.28. The highest BCUT2D eigenvalue weighted by molar-refractivity contribution is 6.06. The summed E-state index contributed by atoms with van der Waals surface area (Å²) >= 11 is 0. The number of benzene rings is 2. The molecule has 0 aliphatic rings. The van der Waals surface area contributed by atoms with Crippen molar-refractivity contribution < 1.29 is 14.6 Å². The van der Waals surface area contributed by atoms with E-state index in [1.807, 2.05) is 37.3 Å². The largest absolute Gasteiger partial charge is 0.490 e. The molecule has 1 atom stereocenters. The van der Waals surface area contributed by atoms with Gasteiger partial charge in [-0.2, -0.15) is 0 Å². The van der Waals surface area contributed by atoms with Crippen molar-refractivity contribution >= 4 is 11.6 Å². The molecule has 0 heterocycles. The number of aliphatic hydroxyl groups is 1. The SMILES string of the molecule is CCCCCC(O)COc1ccccc1C(=O)Nc1ccc(C)cc1. The average molecular weight is 341 g/mol. The van der Waals surface area contributed by atoms with E-state index in [1.54, 1.807) is 18.2 Å². The number of rotatable bonds is 9. The summed E-state index contributed by atoms with van der Waals surface area (Å²) in [6, 6.07) is 14.7. The lowest BCUT2D eigenvalue weighted by molar-refractivity contribution is 0.0937. The van der Waals surface area contributed by atoms with Gasteiger partial charge in [-0.1, -0.05) is 56.0 Å². The Hall–Kier alpha value is -2.33. The van der Waals surface area contributed by atoms with Crippen LogP contribution in [0.1, 0.15) is 48.5 Å². The highest BCUT2D eigenvalue weighted by Gasteiger charge is 2.14. The number of hydrogen-bond acceptors (Lipinski definition) is 3. The van der Waals surface area contributed by atoms with E-state index in [4.69, 9.17) is 4.74 Å². The summed E-state index contributed by atoms with van der Waals surface area (Å²) in [6.45, 7) is 4.32. The van der Waals surface area contributed by atoms with E-state index in [-0.39, 0.29) is 12.5 Å². The Balaban J connectivity index is 1.97. The van der Waals surface area contributed by atoms with E-state index >= 15 is 0 Å². The Morgan fingerprint density at radius 3 is 2.56 bits per heavy atom. The van der Waals surface area contributed by atoms with Crippen molar-refractivity contribution in [2.24, 2.45) is 0 Å². The standard InChI is InChI=1S/C21H27NO3/c1-3-4-5-8-18(23)15-25-20-10-7-6-9-19(20)21(24)22-17-13-11-16(2)12-14-17/h6-7,9-14,18,23H,3-5,8,15H2,1-2H3,(H,22,24). The van der Waals surface area contributed by atoms with E-state index in [0.29, 0.717) is 17.7 Å². The van der Waals surface area contributed by atoms with E-state index in [9.17, 15) is 9.90 Å². The van der Waals surface area contributed by atoms with Crippen molar-refractivity contribution in [3.8, 4) is 5.75 Å². The fraction of sp³-hybridized carbons (Fsp3) is 0.381. The van der Waals surface area contributed by atoms with Gasteiger partial charge in [-0.25, -0.2) is 0 Å². The molecule has 25 heavy (non-hydrogen) atoms. The van der Waals surface area contributed by atoms with Crippen LogP contribution in [-0.2, 0) is 0 Å². The molecule has 0 spiro atoms. The molecule has 2 aromatic carbocycles. The van der Waals surface area contributed by atoms with Crippen LogP contribution in [0.5, 0.6) is 5.75 Å². The normalized spacial score (nSPS) is 11.8. The summed E-state index contributed by atoms with van der Waals surface area (Å²) < 4.78 is 5.70. The maximum Gasteiger partial charge on any atom is 0.259 e. The van der Waals surface area contributed by atoms with Crippen LogP contribution in [0.25, 0.3) is 0 Å². The zero-order valence-electron chi connectivity index (χ0n) is 15.0. The summed E-state index contributed by atoms with van der Waals surface area (Å²) in [7, 11) is 0. The second kappa shape index (κ2) is 9.84. The highest BCUT2D eigenvalue weighted by atomic mass is 16.5. The van der Waals surface area contributed by atoms with Crippen LogP contribution in [-0.4, -0.2) is 23.7 Å². The number of para-hydroxylation sites is 1. The Kier molecular flexibility index (Phi) is 7.48. The molecule has 0 aliphatic heterocycles. The zero-order valence-corrected chi connectivity index (χ0v) is 15.0. The Morgan fingerprint density at radius 2 is 1.84 bits per heavy atom. The van der Waals surface area contributed by atoms with Crippen molar-refractivity contribution in [1.29, 1.82) is 0 Å². The number of ether oxygens (including phenoxy) is 1. The molecule has 0 radical (unpaired) electrons. The van der Waals surface area contributed by atoms with Gasteiger partial charge in [-0.05, 0) is 37.6 Å². The van der Waals surface area contributed by atoms with E-state index < -0.39 is 6.10 Å². The maximum atomic E-state index is 12.5. The molecule has 0 aromatic heterocycles. The van der Waals surface area contributed by atoms with Gasteiger partial charge in [0.25, 0.3) is 5.91 Å². The van der Waals surface area contributed by atoms with Gasteiger partial charge in [0, 0.05) is 5.69 Å². The van der Waals surface area contributed by atoms with E-state index in [0.717, 1.165) is 30.5 Å². The van der Waals surface area contributed by atoms with Gasteiger partial charge in [0.15, 0.2) is 0 Å². The van der Waals surface area contributed by atoms with Gasteiger partial charge >= 0.3 is 0 Å². The number of aliphatic hydroxyl groups excluding tert-OH is 1.